The summed E-state index contributed by atoms with van der Waals surface area (Å²) >= 11 is 1.99. The maximum atomic E-state index is 4.28. The molecule has 0 bridgehead atoms. The number of nitrogens with zero attached hydrogens (tertiary/aromatic N) is 2. The van der Waals surface area contributed by atoms with E-state index in [1.54, 1.807) is 0 Å². The lowest BCUT2D eigenvalue weighted by Gasteiger charge is -2.30. The van der Waals surface area contributed by atoms with E-state index in [4.69, 9.17) is 0 Å². The van der Waals surface area contributed by atoms with Crippen molar-refractivity contribution in [3.05, 3.63) is 18.2 Å². The van der Waals surface area contributed by atoms with Gasteiger partial charge in [0, 0.05) is 30.1 Å². The fourth-order valence-electron chi connectivity index (χ4n) is 2.43. The molecule has 0 aliphatic heterocycles. The van der Waals surface area contributed by atoms with E-state index < -0.39 is 0 Å². The quantitative estimate of drug-likeness (QED) is 0.784. The fourth-order valence-corrected chi connectivity index (χ4v) is 3.25. The van der Waals surface area contributed by atoms with E-state index in [1.807, 2.05) is 24.3 Å². The predicted octanol–water partition coefficient (Wildman–Crippen LogP) is 3.23. The molecule has 0 unspecified atom stereocenters. The van der Waals surface area contributed by atoms with Crippen LogP contribution < -0.4 is 5.32 Å². The Kier molecular flexibility index (Phi) is 4.73. The Morgan fingerprint density at radius 1 is 1.44 bits per heavy atom. The van der Waals surface area contributed by atoms with Crippen LogP contribution in [0.3, 0.4) is 0 Å². The maximum absolute atomic E-state index is 4.28. The minimum absolute atomic E-state index is 0.393. The Morgan fingerprint density at radius 3 is 2.72 bits per heavy atom. The van der Waals surface area contributed by atoms with Gasteiger partial charge in [-0.1, -0.05) is 13.8 Å². The average molecular weight is 267 g/mol. The van der Waals surface area contributed by atoms with Gasteiger partial charge < -0.3 is 9.88 Å². The van der Waals surface area contributed by atoms with Crippen molar-refractivity contribution in [1.82, 2.24) is 14.9 Å². The van der Waals surface area contributed by atoms with Crippen LogP contribution in [0.5, 0.6) is 0 Å². The van der Waals surface area contributed by atoms with Crippen LogP contribution in [0.25, 0.3) is 0 Å². The molecule has 0 aromatic carbocycles. The number of imidazole rings is 1. The summed E-state index contributed by atoms with van der Waals surface area (Å²) in [5, 5.41) is 3.62. The van der Waals surface area contributed by atoms with Crippen molar-refractivity contribution in [2.24, 2.45) is 0 Å². The van der Waals surface area contributed by atoms with Crippen molar-refractivity contribution in [2.45, 2.75) is 56.9 Å². The van der Waals surface area contributed by atoms with Gasteiger partial charge in [-0.3, -0.25) is 0 Å². The first-order valence-electron chi connectivity index (χ1n) is 7.01. The highest BCUT2D eigenvalue weighted by Gasteiger charge is 2.26. The van der Waals surface area contributed by atoms with E-state index in [0.29, 0.717) is 4.75 Å². The molecule has 1 aromatic rings. The van der Waals surface area contributed by atoms with Crippen molar-refractivity contribution in [3.8, 4) is 0 Å². The second-order valence-electron chi connectivity index (χ2n) is 5.22. The second-order valence-corrected chi connectivity index (χ2v) is 6.50. The Bertz CT molecular complexity index is 359. The molecule has 18 heavy (non-hydrogen) atoms. The third kappa shape index (κ3) is 3.09. The van der Waals surface area contributed by atoms with Gasteiger partial charge >= 0.3 is 0 Å². The highest BCUT2D eigenvalue weighted by molar-refractivity contribution is 8.00. The molecular formula is C14H25N3S. The molecule has 1 heterocycles. The van der Waals surface area contributed by atoms with Crippen molar-refractivity contribution < 1.29 is 0 Å². The first-order chi connectivity index (χ1) is 8.74. The standard InChI is InChI=1S/C14H25N3S/c1-4-14(5-2,18-3)10-15-8-13-9-16-11-17(13)12-6-7-12/h9,11-12,15H,4-8,10H2,1-3H3. The highest BCUT2D eigenvalue weighted by Crippen LogP contribution is 2.35. The zero-order chi connectivity index (χ0) is 13.0. The average Bonchev–Trinajstić information content (AvgIpc) is 3.15. The highest BCUT2D eigenvalue weighted by atomic mass is 32.2. The van der Waals surface area contributed by atoms with E-state index >= 15 is 0 Å². The number of hydrogen-bond acceptors (Lipinski definition) is 3. The molecule has 1 aromatic heterocycles. The maximum Gasteiger partial charge on any atom is 0.0951 e. The molecular weight excluding hydrogens is 242 g/mol. The minimum atomic E-state index is 0.393. The van der Waals surface area contributed by atoms with E-state index in [0.717, 1.165) is 19.1 Å². The first-order valence-corrected chi connectivity index (χ1v) is 8.23. The molecule has 0 spiro atoms. The SMILES string of the molecule is CCC(CC)(CNCc1cncn1C1CC1)SC. The summed E-state index contributed by atoms with van der Waals surface area (Å²) < 4.78 is 2.73. The lowest BCUT2D eigenvalue weighted by molar-refractivity contribution is 0.487. The molecule has 4 heteroatoms. The molecule has 1 N–H and O–H groups in total. The van der Waals surface area contributed by atoms with Crippen LogP contribution in [0, 0.1) is 0 Å². The first kappa shape index (κ1) is 13.9. The van der Waals surface area contributed by atoms with Gasteiger partial charge in [-0.2, -0.15) is 11.8 Å². The van der Waals surface area contributed by atoms with Crippen LogP contribution in [0.4, 0.5) is 0 Å². The van der Waals surface area contributed by atoms with Gasteiger partial charge in [-0.25, -0.2) is 4.98 Å². The van der Waals surface area contributed by atoms with Crippen molar-refractivity contribution in [1.29, 1.82) is 0 Å². The summed E-state index contributed by atoms with van der Waals surface area (Å²) in [7, 11) is 0. The van der Waals surface area contributed by atoms with Gasteiger partial charge in [-0.05, 0) is 31.9 Å². The van der Waals surface area contributed by atoms with Gasteiger partial charge in [0.05, 0.1) is 12.0 Å². The normalized spacial score (nSPS) is 16.2. The van der Waals surface area contributed by atoms with Crippen LogP contribution in [0.2, 0.25) is 0 Å². The van der Waals surface area contributed by atoms with Gasteiger partial charge in [0.1, 0.15) is 0 Å². The van der Waals surface area contributed by atoms with Crippen LogP contribution in [-0.2, 0) is 6.54 Å². The molecule has 3 nitrogen and oxygen atoms in total. The van der Waals surface area contributed by atoms with Crippen LogP contribution in [0.15, 0.2) is 12.5 Å². The Balaban J connectivity index is 1.85. The zero-order valence-corrected chi connectivity index (χ0v) is 12.6. The summed E-state index contributed by atoms with van der Waals surface area (Å²) in [6.45, 7) is 6.60. The van der Waals surface area contributed by atoms with E-state index in [1.165, 1.54) is 31.4 Å². The lowest BCUT2D eigenvalue weighted by Crippen LogP contribution is -2.36. The van der Waals surface area contributed by atoms with Gasteiger partial charge in [-0.15, -0.1) is 0 Å². The lowest BCUT2D eigenvalue weighted by atomic mass is 10.0. The van der Waals surface area contributed by atoms with Crippen LogP contribution in [-0.4, -0.2) is 27.1 Å². The Morgan fingerprint density at radius 2 is 2.17 bits per heavy atom. The molecule has 1 aliphatic carbocycles. The molecule has 0 atom stereocenters. The number of nitrogens with one attached hydrogen (secondary N) is 1. The number of thioether (sulfide) groups is 1. The number of hydrogen-bond donors (Lipinski definition) is 1. The van der Waals surface area contributed by atoms with Gasteiger partial charge in [0.2, 0.25) is 0 Å². The zero-order valence-electron chi connectivity index (χ0n) is 11.8. The van der Waals surface area contributed by atoms with Gasteiger partial charge in [0.25, 0.3) is 0 Å². The monoisotopic (exact) mass is 267 g/mol. The molecule has 1 saturated carbocycles. The van der Waals surface area contributed by atoms with Gasteiger partial charge in [0.15, 0.2) is 0 Å². The molecule has 1 fully saturated rings. The Labute approximate surface area is 115 Å². The molecule has 2 rings (SSSR count). The number of rotatable bonds is 8. The van der Waals surface area contributed by atoms with Crippen molar-refractivity contribution in [3.63, 3.8) is 0 Å². The summed E-state index contributed by atoms with van der Waals surface area (Å²) in [4.78, 5) is 4.28. The van der Waals surface area contributed by atoms with Crippen LogP contribution >= 0.6 is 11.8 Å². The number of aromatic nitrogens is 2. The topological polar surface area (TPSA) is 29.9 Å². The van der Waals surface area contributed by atoms with Crippen molar-refractivity contribution in [2.75, 3.05) is 12.8 Å². The minimum Gasteiger partial charge on any atom is -0.330 e. The van der Waals surface area contributed by atoms with E-state index in [2.05, 4.69) is 35.0 Å². The predicted molar refractivity (Wildman–Crippen MR) is 79.0 cm³/mol. The smallest absolute Gasteiger partial charge is 0.0951 e. The summed E-state index contributed by atoms with van der Waals surface area (Å²) in [5.41, 5.74) is 1.33. The molecule has 0 saturated heterocycles. The molecule has 102 valence electrons. The Hall–Kier alpha value is -0.480. The molecule has 0 amide bonds. The molecule has 0 radical (unpaired) electrons. The summed E-state index contributed by atoms with van der Waals surface area (Å²) in [5.74, 6) is 0. The van der Waals surface area contributed by atoms with Crippen LogP contribution in [0.1, 0.15) is 51.3 Å². The third-order valence-electron chi connectivity index (χ3n) is 4.16. The third-order valence-corrected chi connectivity index (χ3v) is 5.75. The van der Waals surface area contributed by atoms with Crippen molar-refractivity contribution >= 4 is 11.8 Å². The molecule has 1 aliphatic rings. The van der Waals surface area contributed by atoms with E-state index in [-0.39, 0.29) is 0 Å². The largest absolute Gasteiger partial charge is 0.330 e. The fraction of sp³-hybridized carbons (Fsp3) is 0.786. The summed E-state index contributed by atoms with van der Waals surface area (Å²) in [6, 6.07) is 0.729. The second kappa shape index (κ2) is 6.11. The summed E-state index contributed by atoms with van der Waals surface area (Å²) in [6.07, 6.45) is 11.3. The van der Waals surface area contributed by atoms with E-state index in [9.17, 15) is 0 Å².